The minimum absolute atomic E-state index is 0.0680. The van der Waals surface area contributed by atoms with Gasteiger partial charge in [0.2, 0.25) is 0 Å². The summed E-state index contributed by atoms with van der Waals surface area (Å²) in [6.07, 6.45) is 5.51. The van der Waals surface area contributed by atoms with Crippen LogP contribution >= 0.6 is 0 Å². The third-order valence-electron chi connectivity index (χ3n) is 4.21. The zero-order valence-corrected chi connectivity index (χ0v) is 13.4. The Morgan fingerprint density at radius 3 is 3.00 bits per heavy atom. The van der Waals surface area contributed by atoms with Crippen molar-refractivity contribution in [3.63, 3.8) is 0 Å². The fourth-order valence-corrected chi connectivity index (χ4v) is 3.06. The zero-order valence-electron chi connectivity index (χ0n) is 13.4. The Hall–Kier alpha value is -1.86. The highest BCUT2D eigenvalue weighted by atomic mass is 16.5. The number of hydrogen-bond acceptors (Lipinski definition) is 4. The second-order valence-corrected chi connectivity index (χ2v) is 5.95. The molecule has 2 aliphatic rings. The van der Waals surface area contributed by atoms with Gasteiger partial charge in [0.05, 0.1) is 33.0 Å². The molecule has 1 aromatic rings. The smallest absolute Gasteiger partial charge is 0.320 e. The van der Waals surface area contributed by atoms with Gasteiger partial charge in [0.1, 0.15) is 5.82 Å². The van der Waals surface area contributed by atoms with Crippen LogP contribution in [0.4, 0.5) is 4.79 Å². The molecule has 1 aromatic heterocycles. The van der Waals surface area contributed by atoms with Crippen molar-refractivity contribution in [3.8, 4) is 0 Å². The molecular weight excluding hydrogens is 296 g/mol. The van der Waals surface area contributed by atoms with Gasteiger partial charge in [-0.15, -0.1) is 6.58 Å². The highest BCUT2D eigenvalue weighted by molar-refractivity contribution is 5.74. The molecule has 0 N–H and O–H groups in total. The summed E-state index contributed by atoms with van der Waals surface area (Å²) < 4.78 is 13.1. The molecule has 2 amide bonds. The van der Waals surface area contributed by atoms with Crippen molar-refractivity contribution in [2.75, 3.05) is 46.1 Å². The first-order valence-corrected chi connectivity index (χ1v) is 8.08. The van der Waals surface area contributed by atoms with Gasteiger partial charge < -0.3 is 23.8 Å². The molecule has 1 saturated heterocycles. The van der Waals surface area contributed by atoms with Gasteiger partial charge >= 0.3 is 6.03 Å². The van der Waals surface area contributed by atoms with Crippen molar-refractivity contribution in [1.82, 2.24) is 19.4 Å². The summed E-state index contributed by atoms with van der Waals surface area (Å²) in [7, 11) is 0. The monoisotopic (exact) mass is 320 g/mol. The number of ether oxygens (including phenoxy) is 2. The first-order valence-electron chi connectivity index (χ1n) is 8.08. The summed E-state index contributed by atoms with van der Waals surface area (Å²) in [4.78, 5) is 21.0. The molecular formula is C16H24N4O3. The van der Waals surface area contributed by atoms with E-state index in [2.05, 4.69) is 16.1 Å². The number of aromatic nitrogens is 2. The molecule has 1 atom stereocenters. The predicted octanol–water partition coefficient (Wildman–Crippen LogP) is 0.970. The van der Waals surface area contributed by atoms with Crippen LogP contribution in [-0.4, -0.2) is 71.4 Å². The molecule has 0 spiro atoms. The van der Waals surface area contributed by atoms with Crippen LogP contribution in [0.3, 0.4) is 0 Å². The number of amides is 2. The van der Waals surface area contributed by atoms with Crippen molar-refractivity contribution in [3.05, 3.63) is 30.9 Å². The normalized spacial score (nSPS) is 21.7. The van der Waals surface area contributed by atoms with E-state index < -0.39 is 0 Å². The van der Waals surface area contributed by atoms with E-state index in [1.54, 1.807) is 12.3 Å². The van der Waals surface area contributed by atoms with Gasteiger partial charge in [-0.25, -0.2) is 9.78 Å². The van der Waals surface area contributed by atoms with Crippen molar-refractivity contribution < 1.29 is 14.3 Å². The molecule has 0 aliphatic carbocycles. The maximum atomic E-state index is 12.8. The Kier molecular flexibility index (Phi) is 5.30. The number of hydrogen-bond donors (Lipinski definition) is 0. The highest BCUT2D eigenvalue weighted by Crippen LogP contribution is 2.18. The lowest BCUT2D eigenvalue weighted by Crippen LogP contribution is -2.49. The summed E-state index contributed by atoms with van der Waals surface area (Å²) in [6.45, 7) is 9.38. The van der Waals surface area contributed by atoms with Crippen molar-refractivity contribution in [1.29, 1.82) is 0 Å². The Morgan fingerprint density at radius 1 is 1.39 bits per heavy atom. The topological polar surface area (TPSA) is 59.8 Å². The Bertz CT molecular complexity index is 539. The number of imidazole rings is 1. The van der Waals surface area contributed by atoms with Crippen LogP contribution in [0.5, 0.6) is 0 Å². The lowest BCUT2D eigenvalue weighted by Gasteiger charge is -2.33. The van der Waals surface area contributed by atoms with E-state index in [4.69, 9.17) is 9.47 Å². The number of fused-ring (bicyclic) bond motifs is 1. The average Bonchev–Trinajstić information content (AvgIpc) is 2.94. The van der Waals surface area contributed by atoms with Crippen molar-refractivity contribution in [2.45, 2.75) is 13.1 Å². The molecule has 3 rings (SSSR count). The lowest BCUT2D eigenvalue weighted by atomic mass is 10.1. The van der Waals surface area contributed by atoms with Gasteiger partial charge in [-0.1, -0.05) is 6.08 Å². The van der Waals surface area contributed by atoms with Crippen LogP contribution in [0.25, 0.3) is 0 Å². The Morgan fingerprint density at radius 2 is 2.22 bits per heavy atom. The summed E-state index contributed by atoms with van der Waals surface area (Å²) >= 11 is 0. The van der Waals surface area contributed by atoms with E-state index in [0.717, 1.165) is 12.4 Å². The number of nitrogens with zero attached hydrogens (tertiary/aromatic N) is 4. The van der Waals surface area contributed by atoms with E-state index in [0.29, 0.717) is 52.6 Å². The molecule has 1 fully saturated rings. The molecule has 0 radical (unpaired) electrons. The fraction of sp³-hybridized carbons (Fsp3) is 0.625. The molecule has 3 heterocycles. The molecule has 23 heavy (non-hydrogen) atoms. The number of urea groups is 1. The fourth-order valence-electron chi connectivity index (χ4n) is 3.06. The van der Waals surface area contributed by atoms with Crippen LogP contribution in [0.15, 0.2) is 25.0 Å². The van der Waals surface area contributed by atoms with E-state index >= 15 is 0 Å². The maximum absolute atomic E-state index is 12.8. The zero-order chi connectivity index (χ0) is 16.1. The van der Waals surface area contributed by atoms with Crippen molar-refractivity contribution >= 4 is 6.03 Å². The van der Waals surface area contributed by atoms with Gasteiger partial charge in [0, 0.05) is 44.5 Å². The quantitative estimate of drug-likeness (QED) is 0.613. The van der Waals surface area contributed by atoms with Gasteiger partial charge in [0.25, 0.3) is 0 Å². The van der Waals surface area contributed by atoms with E-state index in [1.807, 2.05) is 16.0 Å². The molecule has 7 nitrogen and oxygen atoms in total. The first kappa shape index (κ1) is 16.0. The van der Waals surface area contributed by atoms with E-state index in [1.165, 1.54) is 0 Å². The standard InChI is InChI=1S/C16H24N4O3/c1-2-7-23-13-14-10-19-4-3-17-15(19)12-20(11-14)16(21)18-5-8-22-9-6-18/h2-4,14H,1,5-13H2. The number of rotatable bonds is 4. The first-order chi connectivity index (χ1) is 11.3. The third kappa shape index (κ3) is 3.92. The molecule has 1 unspecified atom stereocenters. The highest BCUT2D eigenvalue weighted by Gasteiger charge is 2.29. The molecule has 0 saturated carbocycles. The van der Waals surface area contributed by atoms with Crippen LogP contribution in [0.2, 0.25) is 0 Å². The average molecular weight is 320 g/mol. The van der Waals surface area contributed by atoms with E-state index in [9.17, 15) is 4.79 Å². The van der Waals surface area contributed by atoms with E-state index in [-0.39, 0.29) is 11.9 Å². The largest absolute Gasteiger partial charge is 0.378 e. The molecule has 7 heteroatoms. The summed E-state index contributed by atoms with van der Waals surface area (Å²) in [5.41, 5.74) is 0. The van der Waals surface area contributed by atoms with Gasteiger partial charge in [-0.2, -0.15) is 0 Å². The van der Waals surface area contributed by atoms with Gasteiger partial charge in [0.15, 0.2) is 0 Å². The molecule has 0 aromatic carbocycles. The molecule has 0 bridgehead atoms. The van der Waals surface area contributed by atoms with Crippen LogP contribution in [0, 0.1) is 5.92 Å². The Labute approximate surface area is 136 Å². The predicted molar refractivity (Wildman–Crippen MR) is 84.9 cm³/mol. The number of carbonyl (C=O) groups is 1. The maximum Gasteiger partial charge on any atom is 0.320 e. The Balaban J connectivity index is 1.70. The second-order valence-electron chi connectivity index (χ2n) is 5.95. The summed E-state index contributed by atoms with van der Waals surface area (Å²) in [5.74, 6) is 1.17. The minimum Gasteiger partial charge on any atom is -0.378 e. The van der Waals surface area contributed by atoms with Crippen LogP contribution < -0.4 is 0 Å². The number of carbonyl (C=O) groups excluding carboxylic acids is 1. The van der Waals surface area contributed by atoms with Crippen molar-refractivity contribution in [2.24, 2.45) is 5.92 Å². The number of morpholine rings is 1. The van der Waals surface area contributed by atoms with Crippen LogP contribution in [0.1, 0.15) is 5.82 Å². The summed E-state index contributed by atoms with van der Waals surface area (Å²) in [6, 6.07) is 0.0680. The molecule has 126 valence electrons. The van der Waals surface area contributed by atoms with Gasteiger partial charge in [-0.05, 0) is 0 Å². The van der Waals surface area contributed by atoms with Crippen LogP contribution in [-0.2, 0) is 22.6 Å². The second kappa shape index (κ2) is 7.61. The van der Waals surface area contributed by atoms with Gasteiger partial charge in [-0.3, -0.25) is 0 Å². The summed E-state index contributed by atoms with van der Waals surface area (Å²) in [5, 5.41) is 0. The molecule has 2 aliphatic heterocycles. The SMILES string of the molecule is C=CCOCC1CN(C(=O)N2CCOCC2)Cc2nccn2C1. The minimum atomic E-state index is 0.0680. The third-order valence-corrected chi connectivity index (χ3v) is 4.21. The lowest BCUT2D eigenvalue weighted by molar-refractivity contribution is 0.0386.